The lowest BCUT2D eigenvalue weighted by Gasteiger charge is -2.12. The zero-order valence-electron chi connectivity index (χ0n) is 9.78. The van der Waals surface area contributed by atoms with Gasteiger partial charge >= 0.3 is 5.97 Å². The van der Waals surface area contributed by atoms with Gasteiger partial charge in [0.15, 0.2) is 0 Å². The fourth-order valence-electron chi connectivity index (χ4n) is 1.43. The molecule has 0 atom stereocenters. The maximum Gasteiger partial charge on any atom is 0.328 e. The molecule has 1 aromatic carbocycles. The predicted octanol–water partition coefficient (Wildman–Crippen LogP) is 2.63. The zero-order valence-corrected chi connectivity index (χ0v) is 9.78. The van der Waals surface area contributed by atoms with Gasteiger partial charge in [0, 0.05) is 6.08 Å². The molecule has 0 aliphatic rings. The first-order valence-corrected chi connectivity index (χ1v) is 5.11. The van der Waals surface area contributed by atoms with Gasteiger partial charge in [-0.3, -0.25) is 0 Å². The summed E-state index contributed by atoms with van der Waals surface area (Å²) in [7, 11) is 0. The Hall–Kier alpha value is -1.77. The number of carbonyl (C=O) groups is 1. The van der Waals surface area contributed by atoms with E-state index in [1.807, 2.05) is 32.9 Å². The van der Waals surface area contributed by atoms with Crippen molar-refractivity contribution in [3.05, 3.63) is 41.0 Å². The quantitative estimate of drug-likeness (QED) is 0.793. The van der Waals surface area contributed by atoms with Crippen LogP contribution < -0.4 is 4.74 Å². The molecule has 0 heterocycles. The van der Waals surface area contributed by atoms with E-state index in [-0.39, 0.29) is 6.61 Å². The van der Waals surface area contributed by atoms with Crippen LogP contribution in [0.1, 0.15) is 16.7 Å². The van der Waals surface area contributed by atoms with E-state index in [4.69, 9.17) is 9.84 Å². The Bertz CT molecular complexity index is 419. The first-order valence-electron chi connectivity index (χ1n) is 5.11. The number of hydrogen-bond donors (Lipinski definition) is 1. The maximum atomic E-state index is 10.3. The Kier molecular flexibility index (Phi) is 4.11. The van der Waals surface area contributed by atoms with Gasteiger partial charge in [-0.05, 0) is 43.5 Å². The molecule has 0 fully saturated rings. The van der Waals surface area contributed by atoms with E-state index >= 15 is 0 Å². The average molecular weight is 220 g/mol. The molecule has 1 N–H and O–H groups in total. The molecular formula is C13H16O3. The van der Waals surface area contributed by atoms with Gasteiger partial charge in [-0.25, -0.2) is 4.79 Å². The summed E-state index contributed by atoms with van der Waals surface area (Å²) in [6.45, 7) is 6.27. The van der Waals surface area contributed by atoms with E-state index in [2.05, 4.69) is 0 Å². The van der Waals surface area contributed by atoms with Crippen LogP contribution in [0.3, 0.4) is 0 Å². The van der Waals surface area contributed by atoms with Crippen molar-refractivity contribution in [2.45, 2.75) is 20.8 Å². The molecule has 3 nitrogen and oxygen atoms in total. The molecule has 0 spiro atoms. The third-order valence-corrected chi connectivity index (χ3v) is 2.46. The molecule has 0 unspecified atom stereocenters. The van der Waals surface area contributed by atoms with E-state index in [1.165, 1.54) is 11.6 Å². The minimum atomic E-state index is -0.957. The number of carboxylic acid groups (broad SMARTS) is 1. The number of aryl methyl sites for hydroxylation is 2. The van der Waals surface area contributed by atoms with E-state index in [0.717, 1.165) is 23.0 Å². The van der Waals surface area contributed by atoms with Gasteiger partial charge in [0.1, 0.15) is 12.4 Å². The van der Waals surface area contributed by atoms with Crippen LogP contribution in [0.5, 0.6) is 5.75 Å². The summed E-state index contributed by atoms with van der Waals surface area (Å²) in [6, 6.07) is 4.04. The van der Waals surface area contributed by atoms with Gasteiger partial charge in [0.2, 0.25) is 0 Å². The number of benzene rings is 1. The topological polar surface area (TPSA) is 46.5 Å². The zero-order chi connectivity index (χ0) is 12.1. The highest BCUT2D eigenvalue weighted by Crippen LogP contribution is 2.25. The van der Waals surface area contributed by atoms with Gasteiger partial charge in [-0.1, -0.05) is 12.1 Å². The fourth-order valence-corrected chi connectivity index (χ4v) is 1.43. The molecule has 0 amide bonds. The number of carboxylic acids is 1. The molecule has 0 aliphatic carbocycles. The predicted molar refractivity (Wildman–Crippen MR) is 62.9 cm³/mol. The van der Waals surface area contributed by atoms with Gasteiger partial charge in [-0.2, -0.15) is 0 Å². The summed E-state index contributed by atoms with van der Waals surface area (Å²) in [6.07, 6.45) is 2.57. The van der Waals surface area contributed by atoms with Crippen molar-refractivity contribution in [2.75, 3.05) is 6.61 Å². The Balaban J connectivity index is 2.74. The van der Waals surface area contributed by atoms with Crippen LogP contribution in [0, 0.1) is 20.8 Å². The normalized spacial score (nSPS) is 10.7. The summed E-state index contributed by atoms with van der Waals surface area (Å²) < 4.78 is 5.55. The first-order chi connectivity index (χ1) is 7.52. The summed E-state index contributed by atoms with van der Waals surface area (Å²) >= 11 is 0. The molecule has 16 heavy (non-hydrogen) atoms. The van der Waals surface area contributed by atoms with E-state index in [1.54, 1.807) is 0 Å². The van der Waals surface area contributed by atoms with Crippen molar-refractivity contribution in [2.24, 2.45) is 0 Å². The Morgan fingerprint density at radius 3 is 2.56 bits per heavy atom. The lowest BCUT2D eigenvalue weighted by molar-refractivity contribution is -0.131. The van der Waals surface area contributed by atoms with Crippen LogP contribution in [0.4, 0.5) is 0 Å². The molecule has 1 rings (SSSR count). The first kappa shape index (κ1) is 12.3. The second-order valence-corrected chi connectivity index (χ2v) is 3.71. The van der Waals surface area contributed by atoms with E-state index < -0.39 is 5.97 Å². The molecule has 3 heteroatoms. The highest BCUT2D eigenvalue weighted by molar-refractivity contribution is 5.79. The molecule has 0 saturated heterocycles. The molecule has 0 aromatic heterocycles. The fraction of sp³-hybridized carbons (Fsp3) is 0.308. The maximum absolute atomic E-state index is 10.3. The molecular weight excluding hydrogens is 204 g/mol. The molecule has 0 bridgehead atoms. The molecule has 86 valence electrons. The molecule has 0 saturated carbocycles. The second-order valence-electron chi connectivity index (χ2n) is 3.71. The number of rotatable bonds is 4. The van der Waals surface area contributed by atoms with Crippen LogP contribution in [0.2, 0.25) is 0 Å². The second kappa shape index (κ2) is 5.35. The Labute approximate surface area is 95.4 Å². The van der Waals surface area contributed by atoms with Crippen molar-refractivity contribution >= 4 is 5.97 Å². The van der Waals surface area contributed by atoms with Crippen molar-refractivity contribution in [1.82, 2.24) is 0 Å². The summed E-state index contributed by atoms with van der Waals surface area (Å²) in [5.41, 5.74) is 3.33. The molecule has 0 radical (unpaired) electrons. The van der Waals surface area contributed by atoms with Crippen molar-refractivity contribution in [3.63, 3.8) is 0 Å². The van der Waals surface area contributed by atoms with Gasteiger partial charge in [0.25, 0.3) is 0 Å². The number of aliphatic carboxylic acids is 1. The number of hydrogen-bond acceptors (Lipinski definition) is 2. The smallest absolute Gasteiger partial charge is 0.328 e. The van der Waals surface area contributed by atoms with Crippen molar-refractivity contribution in [3.8, 4) is 5.75 Å². The Morgan fingerprint density at radius 2 is 1.94 bits per heavy atom. The lowest BCUT2D eigenvalue weighted by Crippen LogP contribution is -2.00. The standard InChI is InChI=1S/C13H16O3/c1-9-6-7-10(2)13(11(9)3)16-8-4-5-12(14)15/h4-7H,8H2,1-3H3,(H,14,15)/b5-4+. The van der Waals surface area contributed by atoms with Crippen LogP contribution in [0.25, 0.3) is 0 Å². The van der Waals surface area contributed by atoms with E-state index in [0.29, 0.717) is 0 Å². The largest absolute Gasteiger partial charge is 0.489 e. The number of ether oxygens (including phenoxy) is 1. The van der Waals surface area contributed by atoms with Gasteiger partial charge in [-0.15, -0.1) is 0 Å². The summed E-state index contributed by atoms with van der Waals surface area (Å²) in [5.74, 6) is -0.115. The van der Waals surface area contributed by atoms with Gasteiger partial charge in [0.05, 0.1) is 0 Å². The SMILES string of the molecule is Cc1ccc(C)c(OC/C=C/C(=O)O)c1C. The van der Waals surface area contributed by atoms with Crippen LogP contribution in [0.15, 0.2) is 24.3 Å². The van der Waals surface area contributed by atoms with Crippen LogP contribution in [-0.2, 0) is 4.79 Å². The lowest BCUT2D eigenvalue weighted by atomic mass is 10.1. The Morgan fingerprint density at radius 1 is 1.31 bits per heavy atom. The third-order valence-electron chi connectivity index (χ3n) is 2.46. The van der Waals surface area contributed by atoms with Crippen molar-refractivity contribution < 1.29 is 14.6 Å². The average Bonchev–Trinajstić information content (AvgIpc) is 2.22. The monoisotopic (exact) mass is 220 g/mol. The van der Waals surface area contributed by atoms with Crippen LogP contribution in [-0.4, -0.2) is 17.7 Å². The summed E-state index contributed by atoms with van der Waals surface area (Å²) in [5, 5.41) is 8.42. The third kappa shape index (κ3) is 3.12. The van der Waals surface area contributed by atoms with E-state index in [9.17, 15) is 4.79 Å². The minimum absolute atomic E-state index is 0.275. The minimum Gasteiger partial charge on any atom is -0.489 e. The highest BCUT2D eigenvalue weighted by Gasteiger charge is 2.05. The van der Waals surface area contributed by atoms with Crippen LogP contribution >= 0.6 is 0 Å². The summed E-state index contributed by atoms with van der Waals surface area (Å²) in [4.78, 5) is 10.3. The highest BCUT2D eigenvalue weighted by atomic mass is 16.5. The molecule has 1 aromatic rings. The van der Waals surface area contributed by atoms with Gasteiger partial charge < -0.3 is 9.84 Å². The molecule has 0 aliphatic heterocycles. The van der Waals surface area contributed by atoms with Crippen molar-refractivity contribution in [1.29, 1.82) is 0 Å².